The fourth-order valence-electron chi connectivity index (χ4n) is 1.72. The Balaban J connectivity index is 1.91. The van der Waals surface area contributed by atoms with Gasteiger partial charge >= 0.3 is 0 Å². The second-order valence-corrected chi connectivity index (χ2v) is 3.93. The maximum Gasteiger partial charge on any atom is 0.215 e. The van der Waals surface area contributed by atoms with Crippen LogP contribution in [-0.2, 0) is 9.47 Å². The third-order valence-electron chi connectivity index (χ3n) is 2.60. The summed E-state index contributed by atoms with van der Waals surface area (Å²) in [5.41, 5.74) is 1.05. The molecular weight excluding hydrogens is 251 g/mol. The minimum Gasteiger partial charge on any atom is -0.356 e. The molecule has 6 nitrogen and oxygen atoms in total. The summed E-state index contributed by atoms with van der Waals surface area (Å²) >= 11 is 0. The molecule has 0 saturated carbocycles. The number of H-pyrrole nitrogens is 1. The highest BCUT2D eigenvalue weighted by Gasteiger charge is 2.08. The Morgan fingerprint density at radius 1 is 1.42 bits per heavy atom. The van der Waals surface area contributed by atoms with Crippen LogP contribution in [0, 0.1) is 5.95 Å². The smallest absolute Gasteiger partial charge is 0.215 e. The number of hydrogen-bond donors (Lipinski definition) is 2. The summed E-state index contributed by atoms with van der Waals surface area (Å²) < 4.78 is 23.4. The van der Waals surface area contributed by atoms with Crippen LogP contribution in [-0.4, -0.2) is 41.5 Å². The third-order valence-corrected chi connectivity index (χ3v) is 2.60. The molecule has 0 fully saturated rings. The van der Waals surface area contributed by atoms with Gasteiger partial charge in [-0.25, -0.2) is 0 Å². The maximum atomic E-state index is 12.9. The van der Waals surface area contributed by atoms with E-state index < -0.39 is 5.95 Å². The Morgan fingerprint density at radius 3 is 3.00 bits per heavy atom. The highest BCUT2D eigenvalue weighted by atomic mass is 19.1. The number of anilines is 1. The average Bonchev–Trinajstić information content (AvgIpc) is 2.79. The molecular formula is C12H17FN4O2. The number of aromatic amines is 1. The Hall–Kier alpha value is -1.73. The molecule has 104 valence electrons. The van der Waals surface area contributed by atoms with Crippen molar-refractivity contribution in [1.29, 1.82) is 0 Å². The van der Waals surface area contributed by atoms with Crippen LogP contribution in [0.15, 0.2) is 12.1 Å². The number of nitrogens with one attached hydrogen (secondary N) is 2. The van der Waals surface area contributed by atoms with Crippen LogP contribution in [0.2, 0.25) is 0 Å². The quantitative estimate of drug-likeness (QED) is 0.593. The van der Waals surface area contributed by atoms with E-state index in [0.717, 1.165) is 0 Å². The lowest BCUT2D eigenvalue weighted by Crippen LogP contribution is -2.19. The Kier molecular flexibility index (Phi) is 4.64. The minimum atomic E-state index is -0.540. The van der Waals surface area contributed by atoms with Crippen LogP contribution in [0.1, 0.15) is 13.3 Å². The molecule has 0 radical (unpaired) electrons. The van der Waals surface area contributed by atoms with Gasteiger partial charge in [0.2, 0.25) is 11.9 Å². The van der Waals surface area contributed by atoms with Gasteiger partial charge < -0.3 is 19.8 Å². The van der Waals surface area contributed by atoms with Gasteiger partial charge in [-0.15, -0.1) is 0 Å². The summed E-state index contributed by atoms with van der Waals surface area (Å²) in [5.74, 6) is 0.0146. The zero-order valence-electron chi connectivity index (χ0n) is 10.9. The first-order chi connectivity index (χ1) is 9.22. The van der Waals surface area contributed by atoms with Gasteiger partial charge in [0.15, 0.2) is 11.9 Å². The first kappa shape index (κ1) is 13.7. The summed E-state index contributed by atoms with van der Waals surface area (Å²) in [6.45, 7) is 3.14. The molecule has 2 aromatic heterocycles. The normalized spacial score (nSPS) is 12.8. The van der Waals surface area contributed by atoms with Gasteiger partial charge in [-0.3, -0.25) is 0 Å². The van der Waals surface area contributed by atoms with Crippen LogP contribution in [0.5, 0.6) is 0 Å². The number of methoxy groups -OCH3 is 1. The van der Waals surface area contributed by atoms with E-state index in [1.807, 2.05) is 6.92 Å². The van der Waals surface area contributed by atoms with Gasteiger partial charge in [-0.1, -0.05) is 0 Å². The molecule has 2 N–H and O–H groups in total. The number of halogens is 1. The van der Waals surface area contributed by atoms with E-state index in [0.29, 0.717) is 36.7 Å². The molecule has 2 rings (SSSR count). The molecule has 1 unspecified atom stereocenters. The average molecular weight is 268 g/mol. The summed E-state index contributed by atoms with van der Waals surface area (Å²) in [6, 6.07) is 2.90. The summed E-state index contributed by atoms with van der Waals surface area (Å²) in [4.78, 5) is 10.8. The lowest BCUT2D eigenvalue weighted by atomic mass is 10.4. The van der Waals surface area contributed by atoms with Crippen molar-refractivity contribution in [3.8, 4) is 0 Å². The molecule has 0 aromatic carbocycles. The van der Waals surface area contributed by atoms with E-state index in [4.69, 9.17) is 9.47 Å². The van der Waals surface area contributed by atoms with Gasteiger partial charge in [0, 0.05) is 26.7 Å². The zero-order chi connectivity index (χ0) is 13.7. The van der Waals surface area contributed by atoms with Crippen molar-refractivity contribution in [2.45, 2.75) is 19.6 Å². The highest BCUT2D eigenvalue weighted by molar-refractivity contribution is 5.72. The first-order valence-corrected chi connectivity index (χ1v) is 6.13. The van der Waals surface area contributed by atoms with Crippen molar-refractivity contribution in [3.63, 3.8) is 0 Å². The zero-order valence-corrected chi connectivity index (χ0v) is 10.9. The molecule has 0 saturated heterocycles. The molecule has 0 aliphatic rings. The molecule has 19 heavy (non-hydrogen) atoms. The topological polar surface area (TPSA) is 72.1 Å². The summed E-state index contributed by atoms with van der Waals surface area (Å²) in [6.07, 6.45) is 0.445. The number of fused-ring (bicyclic) bond motifs is 1. The van der Waals surface area contributed by atoms with Crippen molar-refractivity contribution in [1.82, 2.24) is 15.0 Å². The third kappa shape index (κ3) is 3.62. The van der Waals surface area contributed by atoms with Crippen LogP contribution in [0.3, 0.4) is 0 Å². The van der Waals surface area contributed by atoms with Crippen molar-refractivity contribution in [2.24, 2.45) is 0 Å². The minimum absolute atomic E-state index is 0.238. The SMILES string of the molecule is CCOC(CCNc1nc2nc(F)ccc2[nH]1)OC. The lowest BCUT2D eigenvalue weighted by molar-refractivity contribution is -0.121. The van der Waals surface area contributed by atoms with Crippen LogP contribution in [0.25, 0.3) is 11.2 Å². The molecule has 0 aliphatic heterocycles. The van der Waals surface area contributed by atoms with E-state index in [2.05, 4.69) is 20.3 Å². The van der Waals surface area contributed by atoms with Crippen molar-refractivity contribution in [3.05, 3.63) is 18.1 Å². The Morgan fingerprint density at radius 2 is 2.26 bits per heavy atom. The molecule has 0 bridgehead atoms. The van der Waals surface area contributed by atoms with E-state index in [9.17, 15) is 4.39 Å². The van der Waals surface area contributed by atoms with Crippen molar-refractivity contribution >= 4 is 17.1 Å². The summed E-state index contributed by atoms with van der Waals surface area (Å²) in [5, 5.41) is 3.09. The maximum absolute atomic E-state index is 12.9. The Bertz CT molecular complexity index is 531. The number of imidazole rings is 1. The largest absolute Gasteiger partial charge is 0.356 e. The monoisotopic (exact) mass is 268 g/mol. The van der Waals surface area contributed by atoms with E-state index in [-0.39, 0.29) is 6.29 Å². The van der Waals surface area contributed by atoms with Crippen LogP contribution < -0.4 is 5.32 Å². The van der Waals surface area contributed by atoms with Gasteiger partial charge in [-0.2, -0.15) is 14.4 Å². The fourth-order valence-corrected chi connectivity index (χ4v) is 1.72. The standard InChI is InChI=1S/C12H17FN4O2/c1-3-19-10(18-2)6-7-14-12-15-8-4-5-9(13)16-11(8)17-12/h4-5,10H,3,6-7H2,1-2H3,(H2,14,15,16,17). The number of pyridine rings is 1. The molecule has 2 aromatic rings. The number of nitrogens with zero attached hydrogens (tertiary/aromatic N) is 2. The number of hydrogen-bond acceptors (Lipinski definition) is 5. The second kappa shape index (κ2) is 6.44. The van der Waals surface area contributed by atoms with Gasteiger partial charge in [0.05, 0.1) is 5.52 Å². The molecule has 2 heterocycles. The number of rotatable bonds is 7. The predicted molar refractivity (Wildman–Crippen MR) is 69.4 cm³/mol. The van der Waals surface area contributed by atoms with E-state index >= 15 is 0 Å². The van der Waals surface area contributed by atoms with Crippen LogP contribution >= 0.6 is 0 Å². The second-order valence-electron chi connectivity index (χ2n) is 3.93. The molecule has 7 heteroatoms. The predicted octanol–water partition coefficient (Wildman–Crippen LogP) is 1.91. The van der Waals surface area contributed by atoms with Crippen LogP contribution in [0.4, 0.5) is 10.3 Å². The summed E-state index contributed by atoms with van der Waals surface area (Å²) in [7, 11) is 1.61. The van der Waals surface area contributed by atoms with Gasteiger partial charge in [0.1, 0.15) is 0 Å². The molecule has 0 spiro atoms. The van der Waals surface area contributed by atoms with Crippen molar-refractivity contribution < 1.29 is 13.9 Å². The molecule has 1 atom stereocenters. The molecule has 0 aliphatic carbocycles. The number of ether oxygens (including phenoxy) is 2. The Labute approximate surface area is 110 Å². The van der Waals surface area contributed by atoms with E-state index in [1.165, 1.54) is 6.07 Å². The fraction of sp³-hybridized carbons (Fsp3) is 0.500. The van der Waals surface area contributed by atoms with Gasteiger partial charge in [0.25, 0.3) is 0 Å². The number of aromatic nitrogens is 3. The first-order valence-electron chi connectivity index (χ1n) is 6.13. The van der Waals surface area contributed by atoms with Gasteiger partial charge in [-0.05, 0) is 19.1 Å². The van der Waals surface area contributed by atoms with E-state index in [1.54, 1.807) is 13.2 Å². The highest BCUT2D eigenvalue weighted by Crippen LogP contribution is 2.12. The lowest BCUT2D eigenvalue weighted by Gasteiger charge is -2.14. The van der Waals surface area contributed by atoms with Crippen molar-refractivity contribution in [2.75, 3.05) is 25.6 Å². The molecule has 0 amide bonds.